The Balaban J connectivity index is 2.36. The summed E-state index contributed by atoms with van der Waals surface area (Å²) in [6, 6.07) is 4.24. The monoisotopic (exact) mass is 302 g/mol. The summed E-state index contributed by atoms with van der Waals surface area (Å²) >= 11 is 0. The van der Waals surface area contributed by atoms with Crippen molar-refractivity contribution in [3.8, 4) is 0 Å². The number of aryl methyl sites for hydroxylation is 1. The van der Waals surface area contributed by atoms with Crippen molar-refractivity contribution < 1.29 is 22.0 Å². The van der Waals surface area contributed by atoms with Gasteiger partial charge in [-0.15, -0.1) is 0 Å². The number of pyridine rings is 1. The minimum absolute atomic E-state index is 0.131. The van der Waals surface area contributed by atoms with Gasteiger partial charge in [0.05, 0.1) is 0 Å². The van der Waals surface area contributed by atoms with Crippen LogP contribution in [-0.4, -0.2) is 12.0 Å². The van der Waals surface area contributed by atoms with Crippen LogP contribution in [0, 0.1) is 36.3 Å². The van der Waals surface area contributed by atoms with Gasteiger partial charge in [-0.3, -0.25) is 0 Å². The second-order valence-electron chi connectivity index (χ2n) is 4.61. The van der Waals surface area contributed by atoms with Crippen LogP contribution in [0.3, 0.4) is 0 Å². The lowest BCUT2D eigenvalue weighted by Gasteiger charge is -2.21. The lowest BCUT2D eigenvalue weighted by atomic mass is 10.1. The molecule has 0 spiro atoms. The van der Waals surface area contributed by atoms with Gasteiger partial charge in [0, 0.05) is 13.6 Å². The number of hydrogen-bond donors (Lipinski definition) is 0. The van der Waals surface area contributed by atoms with E-state index in [1.165, 1.54) is 19.2 Å². The Morgan fingerprint density at radius 2 is 1.57 bits per heavy atom. The number of aromatic nitrogens is 1. The molecule has 21 heavy (non-hydrogen) atoms. The third-order valence-corrected chi connectivity index (χ3v) is 3.01. The molecule has 0 atom stereocenters. The quantitative estimate of drug-likeness (QED) is 0.634. The summed E-state index contributed by atoms with van der Waals surface area (Å²) in [7, 11) is 1.23. The second kappa shape index (κ2) is 5.67. The van der Waals surface area contributed by atoms with E-state index in [0.29, 0.717) is 11.1 Å². The van der Waals surface area contributed by atoms with Crippen LogP contribution in [0.2, 0.25) is 0 Å². The molecule has 0 amide bonds. The average molecular weight is 302 g/mol. The van der Waals surface area contributed by atoms with Crippen LogP contribution >= 0.6 is 0 Å². The standard InChI is InChI=1S/C14H11F5N2/c1-7-3-4-8(5-9(7)15)6-21(2)12-10(16)13(18)20-14(19)11(12)17/h3-5H,6H2,1-2H3. The lowest BCUT2D eigenvalue weighted by molar-refractivity contribution is 0.407. The van der Waals surface area contributed by atoms with Gasteiger partial charge < -0.3 is 4.90 Å². The zero-order valence-corrected chi connectivity index (χ0v) is 11.2. The first-order chi connectivity index (χ1) is 9.81. The van der Waals surface area contributed by atoms with E-state index in [1.807, 2.05) is 0 Å². The van der Waals surface area contributed by atoms with Crippen LogP contribution in [0.15, 0.2) is 18.2 Å². The molecule has 0 aliphatic carbocycles. The molecule has 0 bridgehead atoms. The van der Waals surface area contributed by atoms with Crippen LogP contribution in [0.5, 0.6) is 0 Å². The van der Waals surface area contributed by atoms with Gasteiger partial charge in [-0.25, -0.2) is 4.39 Å². The molecule has 112 valence electrons. The fourth-order valence-corrected chi connectivity index (χ4v) is 1.90. The molecule has 0 saturated carbocycles. The zero-order chi connectivity index (χ0) is 15.7. The van der Waals surface area contributed by atoms with Crippen molar-refractivity contribution in [1.29, 1.82) is 0 Å². The van der Waals surface area contributed by atoms with Gasteiger partial charge in [-0.05, 0) is 24.1 Å². The van der Waals surface area contributed by atoms with E-state index < -0.39 is 35.0 Å². The SMILES string of the molecule is Cc1ccc(CN(C)c2c(F)c(F)nc(F)c2F)cc1F. The van der Waals surface area contributed by atoms with Crippen LogP contribution in [0.1, 0.15) is 11.1 Å². The fraction of sp³-hybridized carbons (Fsp3) is 0.214. The molecule has 2 aromatic rings. The molecule has 0 unspecified atom stereocenters. The Labute approximate surface area is 117 Å². The number of nitrogens with zero attached hydrogens (tertiary/aromatic N) is 2. The fourth-order valence-electron chi connectivity index (χ4n) is 1.90. The van der Waals surface area contributed by atoms with Crippen molar-refractivity contribution in [3.63, 3.8) is 0 Å². The van der Waals surface area contributed by atoms with E-state index in [1.54, 1.807) is 13.0 Å². The Morgan fingerprint density at radius 3 is 2.10 bits per heavy atom. The molecule has 7 heteroatoms. The topological polar surface area (TPSA) is 16.1 Å². The van der Waals surface area contributed by atoms with Crippen LogP contribution in [0.25, 0.3) is 0 Å². The predicted molar refractivity (Wildman–Crippen MR) is 67.3 cm³/mol. The van der Waals surface area contributed by atoms with Crippen molar-refractivity contribution in [2.75, 3.05) is 11.9 Å². The maximum Gasteiger partial charge on any atom is 0.253 e. The van der Waals surface area contributed by atoms with Crippen molar-refractivity contribution in [2.45, 2.75) is 13.5 Å². The minimum Gasteiger partial charge on any atom is -0.365 e. The first-order valence-corrected chi connectivity index (χ1v) is 5.97. The lowest BCUT2D eigenvalue weighted by Crippen LogP contribution is -2.21. The van der Waals surface area contributed by atoms with E-state index in [0.717, 1.165) is 4.90 Å². The molecule has 1 aromatic carbocycles. The summed E-state index contributed by atoms with van der Waals surface area (Å²) in [5.74, 6) is -7.13. The molecule has 1 heterocycles. The van der Waals surface area contributed by atoms with Gasteiger partial charge in [0.25, 0.3) is 11.9 Å². The smallest absolute Gasteiger partial charge is 0.253 e. The van der Waals surface area contributed by atoms with E-state index in [9.17, 15) is 22.0 Å². The summed E-state index contributed by atoms with van der Waals surface area (Å²) in [5, 5.41) is 0. The number of hydrogen-bond acceptors (Lipinski definition) is 2. The zero-order valence-electron chi connectivity index (χ0n) is 11.2. The Hall–Kier alpha value is -2.18. The van der Waals surface area contributed by atoms with E-state index in [-0.39, 0.29) is 6.54 Å². The van der Waals surface area contributed by atoms with E-state index >= 15 is 0 Å². The maximum atomic E-state index is 13.6. The first kappa shape index (κ1) is 15.2. The summed E-state index contributed by atoms with van der Waals surface area (Å²) in [6.45, 7) is 1.43. The minimum atomic E-state index is -1.73. The van der Waals surface area contributed by atoms with E-state index in [4.69, 9.17) is 0 Å². The average Bonchev–Trinajstić information content (AvgIpc) is 2.41. The highest BCUT2D eigenvalue weighted by atomic mass is 19.2. The summed E-state index contributed by atoms with van der Waals surface area (Å²) in [4.78, 5) is 3.43. The van der Waals surface area contributed by atoms with Gasteiger partial charge in [0.2, 0.25) is 11.6 Å². The molecule has 0 fully saturated rings. The number of benzene rings is 1. The highest BCUT2D eigenvalue weighted by molar-refractivity contribution is 5.48. The molecule has 0 saturated heterocycles. The van der Waals surface area contributed by atoms with Crippen LogP contribution < -0.4 is 4.90 Å². The van der Waals surface area contributed by atoms with Crippen molar-refractivity contribution in [3.05, 3.63) is 58.7 Å². The van der Waals surface area contributed by atoms with Crippen molar-refractivity contribution >= 4 is 5.69 Å². The Kier molecular flexibility index (Phi) is 4.11. The van der Waals surface area contributed by atoms with Gasteiger partial charge >= 0.3 is 0 Å². The first-order valence-electron chi connectivity index (χ1n) is 5.97. The molecular weight excluding hydrogens is 291 g/mol. The van der Waals surface area contributed by atoms with Crippen molar-refractivity contribution in [2.24, 2.45) is 0 Å². The Bertz CT molecular complexity index is 661. The van der Waals surface area contributed by atoms with Gasteiger partial charge in [-0.1, -0.05) is 12.1 Å². The highest BCUT2D eigenvalue weighted by Gasteiger charge is 2.23. The molecule has 1 aromatic heterocycles. The van der Waals surface area contributed by atoms with Crippen LogP contribution in [-0.2, 0) is 6.54 Å². The highest BCUT2D eigenvalue weighted by Crippen LogP contribution is 2.26. The number of halogens is 5. The normalized spacial score (nSPS) is 10.8. The summed E-state index contributed by atoms with van der Waals surface area (Å²) < 4.78 is 66.7. The Morgan fingerprint density at radius 1 is 1.00 bits per heavy atom. The van der Waals surface area contributed by atoms with Gasteiger partial charge in [0.15, 0.2) is 0 Å². The molecular formula is C14H11F5N2. The molecule has 0 aliphatic heterocycles. The van der Waals surface area contributed by atoms with Crippen molar-refractivity contribution in [1.82, 2.24) is 4.98 Å². The van der Waals surface area contributed by atoms with Gasteiger partial charge in [0.1, 0.15) is 11.5 Å². The third-order valence-electron chi connectivity index (χ3n) is 3.01. The predicted octanol–water partition coefficient (Wildman–Crippen LogP) is 3.72. The number of anilines is 1. The summed E-state index contributed by atoms with van der Waals surface area (Å²) in [5.41, 5.74) is -0.0715. The second-order valence-corrected chi connectivity index (χ2v) is 4.61. The molecule has 0 radical (unpaired) electrons. The van der Waals surface area contributed by atoms with Crippen LogP contribution in [0.4, 0.5) is 27.6 Å². The number of rotatable bonds is 3. The maximum absolute atomic E-state index is 13.6. The molecule has 2 nitrogen and oxygen atoms in total. The largest absolute Gasteiger partial charge is 0.365 e. The molecule has 0 N–H and O–H groups in total. The van der Waals surface area contributed by atoms with Gasteiger partial charge in [-0.2, -0.15) is 22.5 Å². The molecule has 0 aliphatic rings. The molecule has 2 rings (SSSR count). The third kappa shape index (κ3) is 2.96. The summed E-state index contributed by atoms with van der Waals surface area (Å²) in [6.07, 6.45) is 0. The van der Waals surface area contributed by atoms with E-state index in [2.05, 4.69) is 4.98 Å².